The van der Waals surface area contributed by atoms with Crippen molar-refractivity contribution in [1.29, 1.82) is 0 Å². The van der Waals surface area contributed by atoms with E-state index in [0.29, 0.717) is 18.0 Å². The Bertz CT molecular complexity index is 807. The molecule has 5 heteroatoms. The summed E-state index contributed by atoms with van der Waals surface area (Å²) >= 11 is 1.76. The van der Waals surface area contributed by atoms with Crippen molar-refractivity contribution in [2.45, 2.75) is 13.0 Å². The van der Waals surface area contributed by atoms with E-state index in [1.807, 2.05) is 35.2 Å². The second-order valence-electron chi connectivity index (χ2n) is 5.29. The van der Waals surface area contributed by atoms with E-state index in [1.165, 1.54) is 10.4 Å². The van der Waals surface area contributed by atoms with Crippen molar-refractivity contribution >= 4 is 17.2 Å². The van der Waals surface area contributed by atoms with Crippen LogP contribution in [-0.4, -0.2) is 22.5 Å². The lowest BCUT2D eigenvalue weighted by Crippen LogP contribution is -2.35. The lowest BCUT2D eigenvalue weighted by atomic mass is 10.1. The van der Waals surface area contributed by atoms with Gasteiger partial charge in [0.05, 0.1) is 0 Å². The van der Waals surface area contributed by atoms with Crippen molar-refractivity contribution in [1.82, 2.24) is 10.1 Å². The van der Waals surface area contributed by atoms with Crippen LogP contribution in [0.1, 0.15) is 21.0 Å². The Morgan fingerprint density at radius 3 is 2.95 bits per heavy atom. The average molecular weight is 310 g/mol. The molecule has 0 radical (unpaired) electrons. The van der Waals surface area contributed by atoms with Crippen molar-refractivity contribution in [2.24, 2.45) is 0 Å². The predicted molar refractivity (Wildman–Crippen MR) is 84.7 cm³/mol. The van der Waals surface area contributed by atoms with Gasteiger partial charge in [-0.3, -0.25) is 4.79 Å². The van der Waals surface area contributed by atoms with Crippen molar-refractivity contribution in [3.05, 3.63) is 64.0 Å². The summed E-state index contributed by atoms with van der Waals surface area (Å²) in [6, 6.07) is 13.5. The molecule has 0 N–H and O–H groups in total. The van der Waals surface area contributed by atoms with E-state index >= 15 is 0 Å². The van der Waals surface area contributed by atoms with Gasteiger partial charge in [-0.05, 0) is 23.4 Å². The molecule has 0 spiro atoms. The smallest absolute Gasteiger partial charge is 0.292 e. The third-order valence-corrected chi connectivity index (χ3v) is 4.91. The van der Waals surface area contributed by atoms with Gasteiger partial charge in [0.15, 0.2) is 0 Å². The molecular weight excluding hydrogens is 296 g/mol. The Morgan fingerprint density at radius 1 is 1.23 bits per heavy atom. The molecule has 0 saturated heterocycles. The van der Waals surface area contributed by atoms with Gasteiger partial charge in [-0.1, -0.05) is 35.5 Å². The summed E-state index contributed by atoms with van der Waals surface area (Å²) in [6.45, 7) is 1.38. The van der Waals surface area contributed by atoms with Crippen LogP contribution in [0.4, 0.5) is 0 Å². The average Bonchev–Trinajstić information content (AvgIpc) is 3.23. The Morgan fingerprint density at radius 2 is 2.09 bits per heavy atom. The molecule has 110 valence electrons. The van der Waals surface area contributed by atoms with Crippen LogP contribution in [-0.2, 0) is 13.0 Å². The van der Waals surface area contributed by atoms with E-state index in [0.717, 1.165) is 18.5 Å². The van der Waals surface area contributed by atoms with Crippen molar-refractivity contribution in [2.75, 3.05) is 6.54 Å². The summed E-state index contributed by atoms with van der Waals surface area (Å²) in [5.41, 5.74) is 2.88. The molecule has 3 heterocycles. The standard InChI is InChI=1S/C17H14N2O2S/c20-17(19-8-6-16-13(11-19)7-9-22-16)15-10-14(18-21-15)12-4-2-1-3-5-12/h1-5,7,9-10H,6,8,11H2. The molecule has 0 bridgehead atoms. The molecule has 1 aliphatic heterocycles. The summed E-state index contributed by atoms with van der Waals surface area (Å²) in [4.78, 5) is 15.8. The summed E-state index contributed by atoms with van der Waals surface area (Å²) in [6.07, 6.45) is 0.915. The number of carbonyl (C=O) groups is 1. The Balaban J connectivity index is 1.56. The fraction of sp³-hybridized carbons (Fsp3) is 0.176. The second kappa shape index (κ2) is 5.42. The molecule has 1 aromatic carbocycles. The number of carbonyl (C=O) groups excluding carboxylic acids is 1. The van der Waals surface area contributed by atoms with E-state index in [9.17, 15) is 4.79 Å². The van der Waals surface area contributed by atoms with Crippen LogP contribution in [0.25, 0.3) is 11.3 Å². The molecule has 4 nitrogen and oxygen atoms in total. The summed E-state index contributed by atoms with van der Waals surface area (Å²) in [5, 5.41) is 6.10. The number of aromatic nitrogens is 1. The molecule has 0 aliphatic carbocycles. The number of hydrogen-bond donors (Lipinski definition) is 0. The number of thiophene rings is 1. The quantitative estimate of drug-likeness (QED) is 0.726. The highest BCUT2D eigenvalue weighted by Gasteiger charge is 2.25. The molecule has 0 atom stereocenters. The molecule has 1 aliphatic rings. The van der Waals surface area contributed by atoms with E-state index in [1.54, 1.807) is 17.4 Å². The van der Waals surface area contributed by atoms with Gasteiger partial charge in [0.1, 0.15) is 5.69 Å². The maximum absolute atomic E-state index is 12.6. The fourth-order valence-electron chi connectivity index (χ4n) is 2.70. The van der Waals surface area contributed by atoms with Gasteiger partial charge in [0.25, 0.3) is 5.91 Å². The van der Waals surface area contributed by atoms with Crippen LogP contribution in [0, 0.1) is 0 Å². The minimum Gasteiger partial charge on any atom is -0.350 e. The van der Waals surface area contributed by atoms with Gasteiger partial charge in [0.2, 0.25) is 5.76 Å². The lowest BCUT2D eigenvalue weighted by Gasteiger charge is -2.25. The Labute approximate surface area is 132 Å². The molecule has 4 rings (SSSR count). The van der Waals surface area contributed by atoms with Crippen LogP contribution >= 0.6 is 11.3 Å². The number of rotatable bonds is 2. The zero-order valence-corrected chi connectivity index (χ0v) is 12.7. The van der Waals surface area contributed by atoms with Crippen LogP contribution in [0.2, 0.25) is 0 Å². The van der Waals surface area contributed by atoms with Gasteiger partial charge in [-0.2, -0.15) is 0 Å². The number of fused-ring (bicyclic) bond motifs is 1. The zero-order valence-electron chi connectivity index (χ0n) is 11.9. The highest BCUT2D eigenvalue weighted by atomic mass is 32.1. The number of nitrogens with zero attached hydrogens (tertiary/aromatic N) is 2. The molecule has 2 aromatic heterocycles. The van der Waals surface area contributed by atoms with Gasteiger partial charge < -0.3 is 9.42 Å². The molecule has 1 amide bonds. The summed E-state index contributed by atoms with van der Waals surface area (Å²) < 4.78 is 5.26. The van der Waals surface area contributed by atoms with Crippen LogP contribution in [0.15, 0.2) is 52.4 Å². The normalized spacial score (nSPS) is 13.9. The van der Waals surface area contributed by atoms with Crippen LogP contribution in [0.3, 0.4) is 0 Å². The highest BCUT2D eigenvalue weighted by molar-refractivity contribution is 7.10. The van der Waals surface area contributed by atoms with Crippen molar-refractivity contribution < 1.29 is 9.32 Å². The van der Waals surface area contributed by atoms with Gasteiger partial charge in [-0.25, -0.2) is 0 Å². The number of amides is 1. The molecule has 0 saturated carbocycles. The summed E-state index contributed by atoms with van der Waals surface area (Å²) in [5.74, 6) is 0.212. The molecule has 22 heavy (non-hydrogen) atoms. The van der Waals surface area contributed by atoms with E-state index in [4.69, 9.17) is 4.52 Å². The van der Waals surface area contributed by atoms with Crippen LogP contribution in [0.5, 0.6) is 0 Å². The minimum atomic E-state index is -0.0912. The third kappa shape index (κ3) is 2.33. The van der Waals surface area contributed by atoms with Gasteiger partial charge >= 0.3 is 0 Å². The predicted octanol–water partition coefficient (Wildman–Crippen LogP) is 3.60. The van der Waals surface area contributed by atoms with Crippen molar-refractivity contribution in [3.8, 4) is 11.3 Å². The molecule has 3 aromatic rings. The Kier molecular flexibility index (Phi) is 3.27. The van der Waals surface area contributed by atoms with E-state index in [-0.39, 0.29) is 5.91 Å². The first-order chi connectivity index (χ1) is 10.8. The zero-order chi connectivity index (χ0) is 14.9. The second-order valence-corrected chi connectivity index (χ2v) is 6.29. The maximum atomic E-state index is 12.6. The maximum Gasteiger partial charge on any atom is 0.292 e. The number of hydrogen-bond acceptors (Lipinski definition) is 4. The molecular formula is C17H14N2O2S. The first kappa shape index (κ1) is 13.3. The number of benzene rings is 1. The van der Waals surface area contributed by atoms with E-state index < -0.39 is 0 Å². The Hall–Kier alpha value is -2.40. The first-order valence-electron chi connectivity index (χ1n) is 7.18. The van der Waals surface area contributed by atoms with E-state index in [2.05, 4.69) is 16.6 Å². The molecule has 0 unspecified atom stereocenters. The van der Waals surface area contributed by atoms with Crippen molar-refractivity contribution in [3.63, 3.8) is 0 Å². The topological polar surface area (TPSA) is 46.3 Å². The molecule has 0 fully saturated rings. The highest BCUT2D eigenvalue weighted by Crippen LogP contribution is 2.26. The van der Waals surface area contributed by atoms with Gasteiger partial charge in [-0.15, -0.1) is 11.3 Å². The lowest BCUT2D eigenvalue weighted by molar-refractivity contribution is 0.0693. The largest absolute Gasteiger partial charge is 0.350 e. The third-order valence-electron chi connectivity index (χ3n) is 3.89. The van der Waals surface area contributed by atoms with Gasteiger partial charge in [0, 0.05) is 29.6 Å². The first-order valence-corrected chi connectivity index (χ1v) is 8.06. The van der Waals surface area contributed by atoms with Crippen LogP contribution < -0.4 is 0 Å². The summed E-state index contributed by atoms with van der Waals surface area (Å²) in [7, 11) is 0. The SMILES string of the molecule is O=C(c1cc(-c2ccccc2)no1)N1CCc2sccc2C1. The fourth-order valence-corrected chi connectivity index (χ4v) is 3.59. The minimum absolute atomic E-state index is 0.0912. The monoisotopic (exact) mass is 310 g/mol.